The van der Waals surface area contributed by atoms with Crippen LogP contribution in [-0.4, -0.2) is 152 Å². The van der Waals surface area contributed by atoms with Crippen molar-refractivity contribution in [2.75, 3.05) is 66.0 Å². The fourth-order valence-electron chi connectivity index (χ4n) is 4.17. The van der Waals surface area contributed by atoms with E-state index < -0.39 is 80.3 Å². The number of carboxylic acid groups (broad SMARTS) is 1. The minimum atomic E-state index is -4.46. The molecule has 29 nitrogen and oxygen atoms in total. The fourth-order valence-corrected chi connectivity index (χ4v) is 6.71. The summed E-state index contributed by atoms with van der Waals surface area (Å²) in [7, 11) is -4.86. The number of benzene rings is 1. The molecule has 3 aromatic heterocycles. The highest BCUT2D eigenvalue weighted by molar-refractivity contribution is 7.90. The first-order valence-corrected chi connectivity index (χ1v) is 21.8. The molecule has 0 aliphatic rings. The van der Waals surface area contributed by atoms with Gasteiger partial charge < -0.3 is 38.7 Å². The summed E-state index contributed by atoms with van der Waals surface area (Å²) >= 11 is 0. The molecule has 0 saturated heterocycles. The minimum Gasteiger partial charge on any atom is -0.481 e. The van der Waals surface area contributed by atoms with Crippen LogP contribution in [0.4, 0.5) is 21.5 Å². The van der Waals surface area contributed by atoms with E-state index in [9.17, 15) is 45.4 Å². The average molecular weight is 961 g/mol. The van der Waals surface area contributed by atoms with Gasteiger partial charge in [0, 0.05) is 20.3 Å². The van der Waals surface area contributed by atoms with Crippen LogP contribution in [0.15, 0.2) is 58.6 Å². The fraction of sp³-hybridized carbons (Fsp3) is 0.281. The second kappa shape index (κ2) is 23.9. The summed E-state index contributed by atoms with van der Waals surface area (Å²) in [5.41, 5.74) is -0.403. The second-order valence-electron chi connectivity index (χ2n) is 11.8. The number of amides is 5. The zero-order valence-corrected chi connectivity index (χ0v) is 37.0. The van der Waals surface area contributed by atoms with Gasteiger partial charge in [-0.05, 0) is 31.2 Å². The van der Waals surface area contributed by atoms with Gasteiger partial charge in [0.2, 0.25) is 23.7 Å². The maximum atomic E-state index is 12.5. The summed E-state index contributed by atoms with van der Waals surface area (Å²) in [6.07, 6.45) is 0.592. The van der Waals surface area contributed by atoms with Gasteiger partial charge in [-0.25, -0.2) is 37.2 Å². The van der Waals surface area contributed by atoms with Crippen molar-refractivity contribution in [2.45, 2.75) is 16.8 Å². The van der Waals surface area contributed by atoms with E-state index in [-0.39, 0.29) is 46.6 Å². The van der Waals surface area contributed by atoms with E-state index in [1.54, 1.807) is 9.44 Å². The number of carboxylic acids is 1. The van der Waals surface area contributed by atoms with Crippen LogP contribution in [0.3, 0.4) is 0 Å². The third-order valence-corrected chi connectivity index (χ3v) is 10.1. The van der Waals surface area contributed by atoms with Crippen LogP contribution in [-0.2, 0) is 34.1 Å². The topological polar surface area (TPSA) is 409 Å². The Balaban J connectivity index is 0.000000365. The standard InChI is InChI=1S/C15H18N6O6S.C14H15N5O6S.C3H8NO5P/c1-21(2)13(22)9-6-5-7-16-12(9)28(24,25)20-15(23)19-14-17-10(26-3)8-11(18-14)27-4;1-8-15-12(18-14(16-8)25-3)17-13(21)19-26(22,23)10-7-5-4-6-9(10)11(20)24-2;5-3(6)1-4-2-10(7,8)9/h5-8H,1-4H3,(H2,17,18,19,20,23);4-7H,1-3H3,(H2,15,16,17,18,19,21);4H,1-2H2,(H,5,6)(H2,7,8,9). The first-order chi connectivity index (χ1) is 29.9. The van der Waals surface area contributed by atoms with E-state index >= 15 is 0 Å². The van der Waals surface area contributed by atoms with Crippen molar-refractivity contribution in [3.05, 3.63) is 65.6 Å². The summed E-state index contributed by atoms with van der Waals surface area (Å²) in [6, 6.07) is 7.02. The van der Waals surface area contributed by atoms with Crippen LogP contribution >= 0.6 is 7.60 Å². The molecule has 0 fully saturated rings. The number of ether oxygens (including phenoxy) is 4. The van der Waals surface area contributed by atoms with Gasteiger partial charge in [-0.3, -0.25) is 30.1 Å². The zero-order valence-electron chi connectivity index (χ0n) is 34.5. The van der Waals surface area contributed by atoms with Gasteiger partial charge in [0.25, 0.3) is 26.0 Å². The van der Waals surface area contributed by atoms with E-state index in [0.717, 1.165) is 13.2 Å². The van der Waals surface area contributed by atoms with Crippen molar-refractivity contribution in [3.8, 4) is 17.8 Å². The van der Waals surface area contributed by atoms with Crippen LogP contribution in [0.5, 0.6) is 17.8 Å². The Morgan fingerprint density at radius 1 is 0.750 bits per heavy atom. The number of anilines is 2. The van der Waals surface area contributed by atoms with E-state index in [1.165, 1.54) is 89.8 Å². The number of nitrogens with one attached hydrogen (secondary N) is 5. The highest BCUT2D eigenvalue weighted by Crippen LogP contribution is 2.31. The maximum Gasteiger partial charge on any atom is 0.339 e. The number of rotatable bonds is 15. The van der Waals surface area contributed by atoms with E-state index in [1.807, 2.05) is 0 Å². The number of hydrogen-bond donors (Lipinski definition) is 8. The van der Waals surface area contributed by atoms with Gasteiger partial charge in [0.15, 0.2) is 5.03 Å². The molecule has 3 heterocycles. The number of sulfonamides is 2. The normalized spacial score (nSPS) is 10.8. The smallest absolute Gasteiger partial charge is 0.339 e. The lowest BCUT2D eigenvalue weighted by atomic mass is 10.2. The predicted octanol–water partition coefficient (Wildman–Crippen LogP) is -0.618. The Kier molecular flexibility index (Phi) is 19.8. The highest BCUT2D eigenvalue weighted by Gasteiger charge is 2.28. The summed E-state index contributed by atoms with van der Waals surface area (Å²) < 4.78 is 82.7. The Labute approximate surface area is 363 Å². The molecule has 348 valence electrons. The van der Waals surface area contributed by atoms with Crippen molar-refractivity contribution >= 4 is 69.4 Å². The Morgan fingerprint density at radius 3 is 1.81 bits per heavy atom. The molecular weight excluding hydrogens is 920 g/mol. The number of carbonyl (C=O) groups is 5. The molecule has 4 rings (SSSR count). The molecule has 8 N–H and O–H groups in total. The molecule has 0 spiro atoms. The van der Waals surface area contributed by atoms with Gasteiger partial charge in [-0.15, -0.1) is 0 Å². The molecule has 32 heteroatoms. The lowest BCUT2D eigenvalue weighted by molar-refractivity contribution is -0.135. The number of esters is 1. The number of aromatic nitrogens is 6. The van der Waals surface area contributed by atoms with Crippen molar-refractivity contribution in [1.29, 1.82) is 0 Å². The van der Waals surface area contributed by atoms with Crippen molar-refractivity contribution in [2.24, 2.45) is 0 Å². The number of carbonyl (C=O) groups excluding carboxylic acids is 4. The average Bonchev–Trinajstić information content (AvgIpc) is 3.21. The van der Waals surface area contributed by atoms with Gasteiger partial charge in [-0.1, -0.05) is 12.1 Å². The van der Waals surface area contributed by atoms with E-state index in [0.29, 0.717) is 0 Å². The van der Waals surface area contributed by atoms with Gasteiger partial charge in [-0.2, -0.15) is 33.3 Å². The molecule has 0 atom stereocenters. The van der Waals surface area contributed by atoms with Gasteiger partial charge >= 0.3 is 37.6 Å². The lowest BCUT2D eigenvalue weighted by Crippen LogP contribution is -2.36. The Bertz CT molecular complexity index is 2580. The highest BCUT2D eigenvalue weighted by atomic mass is 32.2. The Morgan fingerprint density at radius 2 is 1.30 bits per heavy atom. The molecule has 0 saturated carbocycles. The molecule has 64 heavy (non-hydrogen) atoms. The van der Waals surface area contributed by atoms with Crippen LogP contribution < -0.4 is 39.6 Å². The second-order valence-corrected chi connectivity index (χ2v) is 16.7. The SMILES string of the molecule is COC(=O)c1ccccc1S(=O)(=O)NC(=O)Nc1nc(C)nc(OC)n1.COc1cc(OC)nc(NC(=O)NS(=O)(=O)c2ncccc2C(=O)N(C)C)n1.O=C(O)CNCP(=O)(O)O. The molecule has 4 aromatic rings. The van der Waals surface area contributed by atoms with Crippen LogP contribution in [0, 0.1) is 6.92 Å². The first kappa shape index (κ1) is 53.0. The van der Waals surface area contributed by atoms with Crippen molar-refractivity contribution in [3.63, 3.8) is 0 Å². The molecule has 0 unspecified atom stereocenters. The molecule has 0 radical (unpaired) electrons. The van der Waals surface area contributed by atoms with Crippen LogP contribution in [0.25, 0.3) is 0 Å². The summed E-state index contributed by atoms with van der Waals surface area (Å²) in [5, 5.41) is 13.8. The molecule has 0 bridgehead atoms. The molecule has 1 aromatic carbocycles. The molecule has 0 aliphatic heterocycles. The van der Waals surface area contributed by atoms with Crippen LogP contribution in [0.1, 0.15) is 26.5 Å². The van der Waals surface area contributed by atoms with E-state index in [2.05, 4.69) is 50.6 Å². The third kappa shape index (κ3) is 17.3. The molecular formula is C32H41N12O17PS2. The third-order valence-electron chi connectivity index (χ3n) is 6.75. The van der Waals surface area contributed by atoms with Crippen LogP contribution in [0.2, 0.25) is 0 Å². The number of aryl methyl sites for hydroxylation is 1. The number of pyridine rings is 1. The van der Waals surface area contributed by atoms with Crippen molar-refractivity contribution in [1.82, 2.24) is 49.6 Å². The lowest BCUT2D eigenvalue weighted by Gasteiger charge is -2.14. The number of hydrogen-bond acceptors (Lipinski definition) is 21. The van der Waals surface area contributed by atoms with E-state index in [4.69, 9.17) is 29.1 Å². The quantitative estimate of drug-likeness (QED) is 0.0544. The predicted molar refractivity (Wildman–Crippen MR) is 218 cm³/mol. The molecule has 5 amide bonds. The largest absolute Gasteiger partial charge is 0.481 e. The molecule has 0 aliphatic carbocycles. The number of methoxy groups -OCH3 is 4. The monoisotopic (exact) mass is 960 g/mol. The summed E-state index contributed by atoms with van der Waals surface area (Å²) in [6.45, 7) is 1.10. The van der Waals surface area contributed by atoms with Gasteiger partial charge in [0.05, 0.1) is 58.5 Å². The number of urea groups is 2. The maximum absolute atomic E-state index is 12.5. The minimum absolute atomic E-state index is 0.0494. The first-order valence-electron chi connectivity index (χ1n) is 17.1. The van der Waals surface area contributed by atoms with Crippen molar-refractivity contribution < 1.29 is 79.2 Å². The summed E-state index contributed by atoms with van der Waals surface area (Å²) in [5.74, 6) is -2.61. The van der Waals surface area contributed by atoms with Gasteiger partial charge in [0.1, 0.15) is 10.7 Å². The Hall–Kier alpha value is -7.18. The number of aliphatic carboxylic acids is 1. The number of nitrogens with zero attached hydrogens (tertiary/aromatic N) is 7. The zero-order chi connectivity index (χ0) is 48.4. The summed E-state index contributed by atoms with van der Waals surface area (Å²) in [4.78, 5) is 97.8.